The number of esters is 2. The lowest BCUT2D eigenvalue weighted by atomic mass is 9.79. The van der Waals surface area contributed by atoms with Gasteiger partial charge in [0.05, 0.1) is 11.0 Å². The van der Waals surface area contributed by atoms with Crippen LogP contribution in [0.25, 0.3) is 0 Å². The zero-order chi connectivity index (χ0) is 24.9. The minimum absolute atomic E-state index is 0. The van der Waals surface area contributed by atoms with Crippen molar-refractivity contribution < 1.29 is 19.1 Å². The highest BCUT2D eigenvalue weighted by Gasteiger charge is 2.32. The zero-order valence-electron chi connectivity index (χ0n) is 21.9. The van der Waals surface area contributed by atoms with Gasteiger partial charge in [0, 0.05) is 6.04 Å². The predicted octanol–water partition coefficient (Wildman–Crippen LogP) is 6.82. The Bertz CT molecular complexity index is 991. The lowest BCUT2D eigenvalue weighted by Crippen LogP contribution is -2.42. The van der Waals surface area contributed by atoms with E-state index in [1.54, 1.807) is 45.0 Å². The van der Waals surface area contributed by atoms with Gasteiger partial charge in [0.1, 0.15) is 11.5 Å². The maximum absolute atomic E-state index is 12.9. The topological polar surface area (TPSA) is 55.8 Å². The zero-order valence-corrected chi connectivity index (χ0v) is 22.7. The molecule has 192 valence electrons. The molecule has 0 spiro atoms. The first-order chi connectivity index (χ1) is 16.2. The second-order valence-corrected chi connectivity index (χ2v) is 10.3. The van der Waals surface area contributed by atoms with Crippen LogP contribution >= 0.6 is 12.4 Å². The van der Waals surface area contributed by atoms with Gasteiger partial charge in [-0.05, 0) is 107 Å². The van der Waals surface area contributed by atoms with Crippen molar-refractivity contribution in [3.05, 3.63) is 59.2 Å². The second-order valence-electron chi connectivity index (χ2n) is 10.3. The van der Waals surface area contributed by atoms with Gasteiger partial charge in [0.15, 0.2) is 0 Å². The van der Waals surface area contributed by atoms with Gasteiger partial charge in [-0.15, -0.1) is 12.4 Å². The molecule has 1 aliphatic carbocycles. The van der Waals surface area contributed by atoms with Crippen molar-refractivity contribution in [2.75, 3.05) is 13.1 Å². The van der Waals surface area contributed by atoms with Crippen molar-refractivity contribution in [3.63, 3.8) is 0 Å². The van der Waals surface area contributed by atoms with E-state index in [1.807, 2.05) is 12.1 Å². The van der Waals surface area contributed by atoms with Gasteiger partial charge >= 0.3 is 11.9 Å². The first-order valence-electron chi connectivity index (χ1n) is 12.6. The third kappa shape index (κ3) is 7.08. The largest absolute Gasteiger partial charge is 0.426 e. The third-order valence-corrected chi connectivity index (χ3v) is 6.53. The van der Waals surface area contributed by atoms with E-state index in [2.05, 4.69) is 31.7 Å². The van der Waals surface area contributed by atoms with Crippen LogP contribution in [0.1, 0.15) is 88.2 Å². The first kappa shape index (κ1) is 28.9. The van der Waals surface area contributed by atoms with Gasteiger partial charge in [-0.1, -0.05) is 32.9 Å². The number of nitrogens with zero attached hydrogens (tertiary/aromatic N) is 1. The van der Waals surface area contributed by atoms with Crippen LogP contribution in [0.5, 0.6) is 11.5 Å². The summed E-state index contributed by atoms with van der Waals surface area (Å²) < 4.78 is 11.2. The van der Waals surface area contributed by atoms with E-state index in [0.717, 1.165) is 44.3 Å². The molecule has 0 amide bonds. The van der Waals surface area contributed by atoms with Gasteiger partial charge in [0.25, 0.3) is 0 Å². The minimum atomic E-state index is -0.593. The molecule has 0 N–H and O–H groups in total. The van der Waals surface area contributed by atoms with Crippen molar-refractivity contribution in [3.8, 4) is 11.5 Å². The van der Waals surface area contributed by atoms with Gasteiger partial charge in [-0.2, -0.15) is 0 Å². The summed E-state index contributed by atoms with van der Waals surface area (Å²) in [6.45, 7) is 14.4. The fourth-order valence-corrected chi connectivity index (χ4v) is 4.72. The molecule has 0 saturated carbocycles. The highest BCUT2D eigenvalue weighted by Crippen LogP contribution is 2.39. The quantitative estimate of drug-likeness (QED) is 0.293. The Morgan fingerprint density at radius 1 is 0.971 bits per heavy atom. The summed E-state index contributed by atoms with van der Waals surface area (Å²) in [6, 6.07) is 13.1. The number of ether oxygens (including phenoxy) is 2. The molecule has 0 radical (unpaired) electrons. The number of benzene rings is 2. The number of carbonyl (C=O) groups is 2. The van der Waals surface area contributed by atoms with E-state index >= 15 is 0 Å². The fraction of sp³-hybridized carbons (Fsp3) is 0.517. The highest BCUT2D eigenvalue weighted by molar-refractivity contribution is 5.91. The van der Waals surface area contributed by atoms with Gasteiger partial charge < -0.3 is 9.47 Å². The van der Waals surface area contributed by atoms with Gasteiger partial charge in [0.2, 0.25) is 0 Å². The summed E-state index contributed by atoms with van der Waals surface area (Å²) in [5, 5.41) is 0. The Morgan fingerprint density at radius 2 is 1.60 bits per heavy atom. The second kappa shape index (κ2) is 12.5. The molecule has 2 aromatic carbocycles. The molecule has 2 atom stereocenters. The lowest BCUT2D eigenvalue weighted by Gasteiger charge is -2.40. The number of rotatable bonds is 8. The normalized spacial score (nSPS) is 17.3. The Morgan fingerprint density at radius 3 is 2.17 bits per heavy atom. The van der Waals surface area contributed by atoms with Crippen molar-refractivity contribution in [1.29, 1.82) is 0 Å². The Balaban J connectivity index is 0.00000432. The van der Waals surface area contributed by atoms with Crippen LogP contribution in [0.15, 0.2) is 42.5 Å². The lowest BCUT2D eigenvalue weighted by molar-refractivity contribution is -0.143. The monoisotopic (exact) mass is 501 g/mol. The van der Waals surface area contributed by atoms with Crippen LogP contribution in [-0.4, -0.2) is 36.0 Å². The van der Waals surface area contributed by atoms with Crippen LogP contribution in [-0.2, 0) is 11.2 Å². The molecule has 0 aliphatic heterocycles. The predicted molar refractivity (Wildman–Crippen MR) is 143 cm³/mol. The van der Waals surface area contributed by atoms with Crippen LogP contribution in [0.2, 0.25) is 0 Å². The summed E-state index contributed by atoms with van der Waals surface area (Å²) in [7, 11) is 0. The molecule has 0 saturated heterocycles. The van der Waals surface area contributed by atoms with Crippen LogP contribution < -0.4 is 9.47 Å². The Labute approximate surface area is 216 Å². The van der Waals surface area contributed by atoms with Crippen molar-refractivity contribution in [1.82, 2.24) is 4.90 Å². The van der Waals surface area contributed by atoms with Crippen LogP contribution in [0, 0.1) is 5.41 Å². The molecule has 35 heavy (non-hydrogen) atoms. The molecule has 2 aromatic rings. The fourth-order valence-electron chi connectivity index (χ4n) is 4.72. The molecular formula is C29H40ClNO4. The van der Waals surface area contributed by atoms with Crippen LogP contribution in [0.4, 0.5) is 0 Å². The summed E-state index contributed by atoms with van der Waals surface area (Å²) in [5.41, 5.74) is 2.25. The molecule has 5 nitrogen and oxygen atoms in total. The van der Waals surface area contributed by atoms with Gasteiger partial charge in [-0.3, -0.25) is 9.69 Å². The maximum Gasteiger partial charge on any atom is 0.343 e. The van der Waals surface area contributed by atoms with E-state index in [-0.39, 0.29) is 18.4 Å². The van der Waals surface area contributed by atoms with Gasteiger partial charge in [-0.25, -0.2) is 4.79 Å². The Hall–Kier alpha value is -2.37. The molecule has 0 heterocycles. The number of fused-ring (bicyclic) bond motifs is 1. The summed E-state index contributed by atoms with van der Waals surface area (Å²) in [5.74, 6) is 0.723. The number of halogens is 1. The molecule has 6 heteroatoms. The first-order valence-corrected chi connectivity index (χ1v) is 12.6. The number of carbonyl (C=O) groups excluding carboxylic acids is 2. The van der Waals surface area contributed by atoms with E-state index in [9.17, 15) is 9.59 Å². The summed E-state index contributed by atoms with van der Waals surface area (Å²) in [4.78, 5) is 27.6. The Kier molecular flexibility index (Phi) is 10.3. The number of hydrogen-bond donors (Lipinski definition) is 0. The molecule has 0 aromatic heterocycles. The summed E-state index contributed by atoms with van der Waals surface area (Å²) >= 11 is 0. The average Bonchev–Trinajstić information content (AvgIpc) is 2.79. The number of hydrogen-bond acceptors (Lipinski definition) is 5. The van der Waals surface area contributed by atoms with Crippen molar-refractivity contribution in [2.45, 2.75) is 79.2 Å². The minimum Gasteiger partial charge on any atom is -0.426 e. The highest BCUT2D eigenvalue weighted by atomic mass is 35.5. The molecule has 0 fully saturated rings. The van der Waals surface area contributed by atoms with Crippen molar-refractivity contribution >= 4 is 24.3 Å². The summed E-state index contributed by atoms with van der Waals surface area (Å²) in [6.07, 6.45) is 4.28. The van der Waals surface area contributed by atoms with E-state index in [0.29, 0.717) is 29.0 Å². The van der Waals surface area contributed by atoms with Crippen LogP contribution in [0.3, 0.4) is 0 Å². The molecule has 0 bridgehead atoms. The average molecular weight is 502 g/mol. The standard InChI is InChI=1S/C29H39NO4.ClH/c1-7-18-30(19-8-2)25-17-16-24-23(20(25)3)10-9-11-26(24)34-27(31)21-12-14-22(15-13-21)33-28(32)29(4,5)6;/h9-15,20,25H,7-8,16-19H2,1-6H3;1H. The molecule has 1 aliphatic rings. The maximum atomic E-state index is 12.9. The van der Waals surface area contributed by atoms with Crippen molar-refractivity contribution in [2.24, 2.45) is 5.41 Å². The van der Waals surface area contributed by atoms with E-state index in [1.165, 1.54) is 5.56 Å². The molecule has 3 rings (SSSR count). The molecule has 2 unspecified atom stereocenters. The third-order valence-electron chi connectivity index (χ3n) is 6.53. The molecular weight excluding hydrogens is 462 g/mol. The van der Waals surface area contributed by atoms with E-state index < -0.39 is 11.4 Å². The SMILES string of the molecule is CCCN(CCC)C1CCc2c(OC(=O)c3ccc(OC(=O)C(C)(C)C)cc3)cccc2C1C.Cl. The smallest absolute Gasteiger partial charge is 0.343 e. The van der Waals surface area contributed by atoms with E-state index in [4.69, 9.17) is 9.47 Å².